The van der Waals surface area contributed by atoms with Gasteiger partial charge >= 0.3 is 0 Å². The minimum Gasteiger partial charge on any atom is -0.491 e. The first kappa shape index (κ1) is 20.2. The van der Waals surface area contributed by atoms with Crippen molar-refractivity contribution in [1.82, 2.24) is 4.90 Å². The molecular formula is C21H35NO3. The van der Waals surface area contributed by atoms with Crippen molar-refractivity contribution in [1.29, 1.82) is 0 Å². The van der Waals surface area contributed by atoms with E-state index in [9.17, 15) is 10.2 Å². The molecule has 1 aliphatic heterocycles. The molecule has 2 N–H and O–H groups in total. The third kappa shape index (κ3) is 4.96. The predicted molar refractivity (Wildman–Crippen MR) is 102 cm³/mol. The number of hydrogen-bond donors (Lipinski definition) is 2. The summed E-state index contributed by atoms with van der Waals surface area (Å²) in [5, 5.41) is 20.7. The molecule has 1 atom stereocenters. The third-order valence-corrected chi connectivity index (χ3v) is 5.30. The van der Waals surface area contributed by atoms with E-state index in [2.05, 4.69) is 52.5 Å². The van der Waals surface area contributed by atoms with Gasteiger partial charge in [0.05, 0.1) is 6.10 Å². The molecule has 1 fully saturated rings. The Kier molecular flexibility index (Phi) is 6.18. The maximum absolute atomic E-state index is 10.6. The number of aliphatic hydroxyl groups excluding tert-OH is 2. The van der Waals surface area contributed by atoms with Crippen molar-refractivity contribution in [3.8, 4) is 5.75 Å². The average Bonchev–Trinajstić information content (AvgIpc) is 2.48. The van der Waals surface area contributed by atoms with Gasteiger partial charge < -0.3 is 14.9 Å². The van der Waals surface area contributed by atoms with E-state index >= 15 is 0 Å². The lowest BCUT2D eigenvalue weighted by molar-refractivity contribution is -0.1000. The number of para-hydroxylation sites is 1. The van der Waals surface area contributed by atoms with Crippen molar-refractivity contribution in [2.45, 2.75) is 83.6 Å². The van der Waals surface area contributed by atoms with E-state index in [-0.39, 0.29) is 23.8 Å². The van der Waals surface area contributed by atoms with Gasteiger partial charge in [0.15, 0.2) is 0 Å². The predicted octanol–water partition coefficient (Wildman–Crippen LogP) is 3.56. The summed E-state index contributed by atoms with van der Waals surface area (Å²) in [6, 6.07) is 8.02. The number of ether oxygens (including phenoxy) is 1. The molecule has 0 saturated carbocycles. The topological polar surface area (TPSA) is 52.9 Å². The van der Waals surface area contributed by atoms with Crippen LogP contribution in [0.4, 0.5) is 0 Å². The van der Waals surface area contributed by atoms with Crippen LogP contribution in [0.5, 0.6) is 5.75 Å². The maximum Gasteiger partial charge on any atom is 0.122 e. The van der Waals surface area contributed by atoms with E-state index in [1.54, 1.807) is 0 Å². The summed E-state index contributed by atoms with van der Waals surface area (Å²) in [5.41, 5.74) is 0.854. The van der Waals surface area contributed by atoms with Gasteiger partial charge in [-0.25, -0.2) is 0 Å². The maximum atomic E-state index is 10.6. The van der Waals surface area contributed by atoms with Gasteiger partial charge in [0, 0.05) is 17.6 Å². The van der Waals surface area contributed by atoms with Gasteiger partial charge in [0.1, 0.15) is 18.5 Å². The first-order chi connectivity index (χ1) is 11.5. The number of β-amino-alcohol motifs (C(OH)–C–C–N with tert-alkyl or cyclic N) is 1. The summed E-state index contributed by atoms with van der Waals surface area (Å²) >= 11 is 0. The van der Waals surface area contributed by atoms with Crippen LogP contribution in [-0.2, 0) is 0 Å². The van der Waals surface area contributed by atoms with Crippen LogP contribution >= 0.6 is 0 Å². The zero-order valence-corrected chi connectivity index (χ0v) is 16.6. The largest absolute Gasteiger partial charge is 0.491 e. The Labute approximate surface area is 152 Å². The lowest BCUT2D eigenvalue weighted by atomic mass is 9.78. The highest BCUT2D eigenvalue weighted by Gasteiger charge is 2.45. The number of rotatable bonds is 6. The number of piperidine rings is 1. The molecule has 2 rings (SSSR count). The van der Waals surface area contributed by atoms with Crippen LogP contribution in [-0.4, -0.2) is 51.6 Å². The van der Waals surface area contributed by atoms with Crippen LogP contribution in [0.15, 0.2) is 24.3 Å². The number of nitrogens with zero attached hydrogens (tertiary/aromatic N) is 1. The number of likely N-dealkylation sites (tertiary alicyclic amines) is 1. The van der Waals surface area contributed by atoms with E-state index in [0.717, 1.165) is 24.2 Å². The molecular weight excluding hydrogens is 314 g/mol. The molecule has 0 amide bonds. The standard InChI is InChI=1S/C21H35NO3/c1-15(2)18-9-7-8-10-19(18)25-14-17(24)13-22-20(3,4)11-16(23)12-21(22,5)6/h7-10,15-17,23-24H,11-14H2,1-6H3/t17-/m1/s1. The first-order valence-corrected chi connectivity index (χ1v) is 9.38. The number of aliphatic hydroxyl groups is 2. The normalized spacial score (nSPS) is 22.1. The molecule has 1 aliphatic rings. The van der Waals surface area contributed by atoms with Crippen LogP contribution in [0.2, 0.25) is 0 Å². The fourth-order valence-electron chi connectivity index (χ4n) is 4.30. The second kappa shape index (κ2) is 7.65. The van der Waals surface area contributed by atoms with E-state index in [1.807, 2.05) is 18.2 Å². The molecule has 0 spiro atoms. The minimum absolute atomic E-state index is 0.155. The molecule has 0 aromatic heterocycles. The van der Waals surface area contributed by atoms with Gasteiger partial charge in [-0.05, 0) is 58.1 Å². The lowest BCUT2D eigenvalue weighted by Crippen LogP contribution is -2.63. The molecule has 4 nitrogen and oxygen atoms in total. The Morgan fingerprint density at radius 2 is 1.68 bits per heavy atom. The number of hydrogen-bond acceptors (Lipinski definition) is 4. The van der Waals surface area contributed by atoms with Crippen molar-refractivity contribution in [2.75, 3.05) is 13.2 Å². The quantitative estimate of drug-likeness (QED) is 0.824. The molecule has 1 heterocycles. The molecule has 25 heavy (non-hydrogen) atoms. The Morgan fingerprint density at radius 1 is 1.12 bits per heavy atom. The highest BCUT2D eigenvalue weighted by Crippen LogP contribution is 2.38. The molecule has 0 bridgehead atoms. The van der Waals surface area contributed by atoms with Gasteiger partial charge in [-0.1, -0.05) is 32.0 Å². The van der Waals surface area contributed by atoms with Gasteiger partial charge in [-0.2, -0.15) is 0 Å². The summed E-state index contributed by atoms with van der Waals surface area (Å²) in [6.45, 7) is 13.6. The zero-order valence-electron chi connectivity index (χ0n) is 16.6. The van der Waals surface area contributed by atoms with Gasteiger partial charge in [0.2, 0.25) is 0 Å². The monoisotopic (exact) mass is 349 g/mol. The molecule has 1 aromatic rings. The SMILES string of the molecule is CC(C)c1ccccc1OC[C@H](O)CN1C(C)(C)CC(O)CC1(C)C. The first-order valence-electron chi connectivity index (χ1n) is 9.38. The zero-order chi connectivity index (χ0) is 18.8. The lowest BCUT2D eigenvalue weighted by Gasteiger charge is -2.55. The third-order valence-electron chi connectivity index (χ3n) is 5.30. The summed E-state index contributed by atoms with van der Waals surface area (Å²) in [7, 11) is 0. The van der Waals surface area contributed by atoms with Crippen molar-refractivity contribution < 1.29 is 14.9 Å². The van der Waals surface area contributed by atoms with Crippen molar-refractivity contribution in [2.24, 2.45) is 0 Å². The summed E-state index contributed by atoms with van der Waals surface area (Å²) < 4.78 is 5.93. The van der Waals surface area contributed by atoms with Gasteiger partial charge in [-0.3, -0.25) is 4.90 Å². The molecule has 0 aliphatic carbocycles. The van der Waals surface area contributed by atoms with Crippen LogP contribution < -0.4 is 4.74 Å². The smallest absolute Gasteiger partial charge is 0.122 e. The summed E-state index contributed by atoms with van der Waals surface area (Å²) in [6.07, 6.45) is 0.585. The van der Waals surface area contributed by atoms with E-state index in [1.165, 1.54) is 0 Å². The molecule has 0 unspecified atom stereocenters. The Balaban J connectivity index is 2.01. The average molecular weight is 350 g/mol. The minimum atomic E-state index is -0.575. The van der Waals surface area contributed by atoms with Crippen molar-refractivity contribution in [3.63, 3.8) is 0 Å². The van der Waals surface area contributed by atoms with Gasteiger partial charge in [0.25, 0.3) is 0 Å². The second-order valence-electron chi connectivity index (χ2n) is 8.95. The Hall–Kier alpha value is -1.10. The second-order valence-corrected chi connectivity index (χ2v) is 8.95. The van der Waals surface area contributed by atoms with Crippen LogP contribution in [0.1, 0.15) is 65.9 Å². The van der Waals surface area contributed by atoms with E-state index < -0.39 is 6.10 Å². The fourth-order valence-corrected chi connectivity index (χ4v) is 4.30. The Bertz CT molecular complexity index is 550. The van der Waals surface area contributed by atoms with Crippen LogP contribution in [0.25, 0.3) is 0 Å². The van der Waals surface area contributed by atoms with Crippen LogP contribution in [0.3, 0.4) is 0 Å². The van der Waals surface area contributed by atoms with E-state index in [4.69, 9.17) is 4.74 Å². The number of benzene rings is 1. The summed E-state index contributed by atoms with van der Waals surface area (Å²) in [5.74, 6) is 1.24. The van der Waals surface area contributed by atoms with E-state index in [0.29, 0.717) is 12.5 Å². The molecule has 4 heteroatoms. The van der Waals surface area contributed by atoms with Crippen molar-refractivity contribution in [3.05, 3.63) is 29.8 Å². The highest BCUT2D eigenvalue weighted by molar-refractivity contribution is 5.35. The fraction of sp³-hybridized carbons (Fsp3) is 0.714. The summed E-state index contributed by atoms with van der Waals surface area (Å²) in [4.78, 5) is 2.31. The molecule has 1 aromatic carbocycles. The molecule has 1 saturated heterocycles. The van der Waals surface area contributed by atoms with Gasteiger partial charge in [-0.15, -0.1) is 0 Å². The van der Waals surface area contributed by atoms with Crippen LogP contribution in [0, 0.1) is 0 Å². The molecule has 142 valence electrons. The molecule has 0 radical (unpaired) electrons. The Morgan fingerprint density at radius 3 is 2.24 bits per heavy atom. The van der Waals surface area contributed by atoms with Crippen molar-refractivity contribution >= 4 is 0 Å². The highest BCUT2D eigenvalue weighted by atomic mass is 16.5.